The van der Waals surface area contributed by atoms with Crippen molar-refractivity contribution in [3.8, 4) is 5.75 Å². The zero-order valence-corrected chi connectivity index (χ0v) is 22.0. The molecule has 1 amide bonds. The van der Waals surface area contributed by atoms with E-state index >= 15 is 0 Å². The first-order valence-corrected chi connectivity index (χ1v) is 13.2. The monoisotopic (exact) mass is 521 g/mol. The fourth-order valence-electron chi connectivity index (χ4n) is 3.21. The quantitative estimate of drug-likeness (QED) is 0.216. The van der Waals surface area contributed by atoms with Crippen LogP contribution in [0.2, 0.25) is 0 Å². The molecule has 0 aliphatic rings. The molecule has 0 aromatic heterocycles. The van der Waals surface area contributed by atoms with Gasteiger partial charge in [0.15, 0.2) is 6.10 Å². The highest BCUT2D eigenvalue weighted by Gasteiger charge is 2.39. The maximum absolute atomic E-state index is 13.1. The van der Waals surface area contributed by atoms with E-state index in [4.69, 9.17) is 18.4 Å². The van der Waals surface area contributed by atoms with Crippen LogP contribution in [0.15, 0.2) is 54.6 Å². The number of nitrogens with one attached hydrogen (secondary N) is 1. The van der Waals surface area contributed by atoms with Crippen LogP contribution in [0.3, 0.4) is 0 Å². The van der Waals surface area contributed by atoms with Crippen molar-refractivity contribution in [2.24, 2.45) is 5.41 Å². The minimum atomic E-state index is -3.87. The van der Waals surface area contributed by atoms with Gasteiger partial charge in [-0.3, -0.25) is 8.98 Å². The Morgan fingerprint density at radius 1 is 0.972 bits per heavy atom. The van der Waals surface area contributed by atoms with Crippen LogP contribution in [0, 0.1) is 5.41 Å². The van der Waals surface area contributed by atoms with Gasteiger partial charge in [-0.25, -0.2) is 4.79 Å². The van der Waals surface area contributed by atoms with Gasteiger partial charge in [0.2, 0.25) is 5.91 Å². The van der Waals surface area contributed by atoms with Crippen LogP contribution in [0.4, 0.5) is 0 Å². The molecule has 0 saturated carbocycles. The molecule has 2 rings (SSSR count). The number of benzene rings is 2. The SMILES string of the molecule is COc1ccc(CO[C@@H](C(=O)OCc2ccccc2)C(C)(C)COS(=O)(=O)CCCNC(C)=O)cc1. The van der Waals surface area contributed by atoms with E-state index in [9.17, 15) is 18.0 Å². The molecule has 1 N–H and O–H groups in total. The molecule has 1 atom stereocenters. The van der Waals surface area contributed by atoms with Crippen LogP contribution >= 0.6 is 0 Å². The molecule has 0 heterocycles. The van der Waals surface area contributed by atoms with E-state index in [2.05, 4.69) is 5.32 Å². The molecule has 0 aliphatic heterocycles. The summed E-state index contributed by atoms with van der Waals surface area (Å²) in [6, 6.07) is 16.4. The minimum absolute atomic E-state index is 0.0560. The molecule has 0 saturated heterocycles. The highest BCUT2D eigenvalue weighted by Crippen LogP contribution is 2.28. The van der Waals surface area contributed by atoms with Crippen molar-refractivity contribution in [1.29, 1.82) is 0 Å². The summed E-state index contributed by atoms with van der Waals surface area (Å²) in [6.45, 7) is 4.81. The Labute approximate surface area is 213 Å². The number of carbonyl (C=O) groups excluding carboxylic acids is 2. The highest BCUT2D eigenvalue weighted by atomic mass is 32.2. The number of methoxy groups -OCH3 is 1. The molecule has 2 aromatic rings. The van der Waals surface area contributed by atoms with E-state index in [0.717, 1.165) is 11.1 Å². The largest absolute Gasteiger partial charge is 0.497 e. The van der Waals surface area contributed by atoms with E-state index in [-0.39, 0.29) is 44.4 Å². The molecule has 0 bridgehead atoms. The van der Waals surface area contributed by atoms with E-state index < -0.39 is 27.6 Å². The van der Waals surface area contributed by atoms with Crippen LogP contribution in [-0.4, -0.2) is 52.4 Å². The third-order valence-electron chi connectivity index (χ3n) is 5.28. The number of amides is 1. The van der Waals surface area contributed by atoms with Gasteiger partial charge in [-0.1, -0.05) is 56.3 Å². The van der Waals surface area contributed by atoms with E-state index in [1.54, 1.807) is 33.1 Å². The number of esters is 1. The van der Waals surface area contributed by atoms with E-state index in [1.165, 1.54) is 6.92 Å². The Balaban J connectivity index is 2.06. The standard InChI is InChI=1S/C26H35NO8S/c1-20(28)27-15-8-16-36(30,31)35-19-26(2,3)24(25(29)34-18-21-9-6-5-7-10-21)33-17-22-11-13-23(32-4)14-12-22/h5-7,9-14,24H,8,15-19H2,1-4H3,(H,27,28)/t24-/m0/s1. The van der Waals surface area contributed by atoms with Gasteiger partial charge in [-0.05, 0) is 29.7 Å². The first-order valence-electron chi connectivity index (χ1n) is 11.6. The summed E-state index contributed by atoms with van der Waals surface area (Å²) < 4.78 is 46.6. The first kappa shape index (κ1) is 29.3. The summed E-state index contributed by atoms with van der Waals surface area (Å²) in [7, 11) is -2.30. The van der Waals surface area contributed by atoms with Gasteiger partial charge in [0.25, 0.3) is 10.1 Å². The lowest BCUT2D eigenvalue weighted by atomic mass is 9.87. The van der Waals surface area contributed by atoms with Gasteiger partial charge in [-0.15, -0.1) is 0 Å². The fraction of sp³-hybridized carbons (Fsp3) is 0.462. The maximum atomic E-state index is 13.1. The summed E-state index contributed by atoms with van der Waals surface area (Å²) in [4.78, 5) is 24.0. The Morgan fingerprint density at radius 2 is 1.61 bits per heavy atom. The van der Waals surface area contributed by atoms with Crippen molar-refractivity contribution < 1.29 is 36.4 Å². The third kappa shape index (κ3) is 10.3. The topological polar surface area (TPSA) is 117 Å². The molecule has 0 spiro atoms. The molecular weight excluding hydrogens is 486 g/mol. The Morgan fingerprint density at radius 3 is 2.22 bits per heavy atom. The average molecular weight is 522 g/mol. The summed E-state index contributed by atoms with van der Waals surface area (Å²) in [5, 5.41) is 2.54. The van der Waals surface area contributed by atoms with Gasteiger partial charge < -0.3 is 19.5 Å². The van der Waals surface area contributed by atoms with Crippen molar-refractivity contribution in [2.75, 3.05) is 26.0 Å². The van der Waals surface area contributed by atoms with Crippen LogP contribution in [0.5, 0.6) is 5.75 Å². The summed E-state index contributed by atoms with van der Waals surface area (Å²) >= 11 is 0. The Hall–Kier alpha value is -2.95. The van der Waals surface area contributed by atoms with Gasteiger partial charge >= 0.3 is 5.97 Å². The van der Waals surface area contributed by atoms with Crippen LogP contribution in [-0.2, 0) is 46.6 Å². The number of carbonyl (C=O) groups is 2. The molecule has 9 nitrogen and oxygen atoms in total. The van der Waals surface area contributed by atoms with E-state index in [1.807, 2.05) is 42.5 Å². The smallest absolute Gasteiger partial charge is 0.336 e. The lowest BCUT2D eigenvalue weighted by molar-refractivity contribution is -0.170. The van der Waals surface area contributed by atoms with Crippen molar-refractivity contribution in [1.82, 2.24) is 5.32 Å². The number of rotatable bonds is 15. The molecule has 2 aromatic carbocycles. The molecular formula is C26H35NO8S. The fourth-order valence-corrected chi connectivity index (χ4v) is 4.31. The minimum Gasteiger partial charge on any atom is -0.497 e. The van der Waals surface area contributed by atoms with Gasteiger partial charge in [0.05, 0.1) is 26.1 Å². The Kier molecular flexibility index (Phi) is 11.4. The molecule has 0 unspecified atom stereocenters. The zero-order valence-electron chi connectivity index (χ0n) is 21.2. The maximum Gasteiger partial charge on any atom is 0.336 e. The number of hydrogen-bond donors (Lipinski definition) is 1. The van der Waals surface area contributed by atoms with Crippen LogP contribution in [0.1, 0.15) is 38.3 Å². The van der Waals surface area contributed by atoms with E-state index in [0.29, 0.717) is 5.75 Å². The predicted molar refractivity (Wildman–Crippen MR) is 135 cm³/mol. The second-order valence-electron chi connectivity index (χ2n) is 8.98. The molecule has 10 heteroatoms. The summed E-state index contributed by atoms with van der Waals surface area (Å²) in [5.41, 5.74) is 0.583. The van der Waals surface area contributed by atoms with Crippen molar-refractivity contribution in [3.05, 3.63) is 65.7 Å². The first-order chi connectivity index (χ1) is 17.0. The summed E-state index contributed by atoms with van der Waals surface area (Å²) in [5.74, 6) is -0.432. The second-order valence-corrected chi connectivity index (χ2v) is 10.7. The highest BCUT2D eigenvalue weighted by molar-refractivity contribution is 7.86. The van der Waals surface area contributed by atoms with Gasteiger partial charge in [0.1, 0.15) is 12.4 Å². The normalized spacial score (nSPS) is 12.6. The molecule has 0 fully saturated rings. The predicted octanol–water partition coefficient (Wildman–Crippen LogP) is 3.22. The van der Waals surface area contributed by atoms with Crippen LogP contribution in [0.25, 0.3) is 0 Å². The molecule has 198 valence electrons. The second kappa shape index (κ2) is 14.0. The third-order valence-corrected chi connectivity index (χ3v) is 6.54. The van der Waals surface area contributed by atoms with Crippen LogP contribution < -0.4 is 10.1 Å². The lowest BCUT2D eigenvalue weighted by Gasteiger charge is -2.32. The van der Waals surface area contributed by atoms with Gasteiger partial charge in [0, 0.05) is 18.9 Å². The number of hydrogen-bond acceptors (Lipinski definition) is 8. The molecule has 36 heavy (non-hydrogen) atoms. The van der Waals surface area contributed by atoms with Gasteiger partial charge in [-0.2, -0.15) is 8.42 Å². The molecule has 0 radical (unpaired) electrons. The summed E-state index contributed by atoms with van der Waals surface area (Å²) in [6.07, 6.45) is -0.892. The lowest BCUT2D eigenvalue weighted by Crippen LogP contribution is -2.43. The number of ether oxygens (including phenoxy) is 3. The zero-order chi connectivity index (χ0) is 26.6. The Bertz CT molecular complexity index is 1070. The van der Waals surface area contributed by atoms with Crippen molar-refractivity contribution >= 4 is 22.0 Å². The molecule has 0 aliphatic carbocycles. The van der Waals surface area contributed by atoms with Crippen molar-refractivity contribution in [2.45, 2.75) is 46.5 Å². The average Bonchev–Trinajstić information content (AvgIpc) is 2.85. The van der Waals surface area contributed by atoms with Crippen molar-refractivity contribution in [3.63, 3.8) is 0 Å².